The van der Waals surface area contributed by atoms with Gasteiger partial charge in [0.1, 0.15) is 18.5 Å². The summed E-state index contributed by atoms with van der Waals surface area (Å²) in [5, 5.41) is 10.3. The van der Waals surface area contributed by atoms with E-state index in [4.69, 9.17) is 21.1 Å². The van der Waals surface area contributed by atoms with Crippen molar-refractivity contribution in [3.05, 3.63) is 88.2 Å². The molecule has 4 aromatic rings. The van der Waals surface area contributed by atoms with Crippen LogP contribution in [0.25, 0.3) is 22.7 Å². The molecule has 4 rings (SSSR count). The summed E-state index contributed by atoms with van der Waals surface area (Å²) >= 11 is 6.20. The second kappa shape index (κ2) is 10.2. The normalized spacial score (nSPS) is 11.0. The van der Waals surface area contributed by atoms with Crippen LogP contribution >= 0.6 is 24.0 Å². The molecule has 7 heteroatoms. The first kappa shape index (κ1) is 23.2. The highest BCUT2D eigenvalue weighted by Gasteiger charge is 2.11. The molecule has 5 nitrogen and oxygen atoms in total. The predicted octanol–water partition coefficient (Wildman–Crippen LogP) is 6.60. The molecule has 0 fully saturated rings. The number of aryl methyl sites for hydroxylation is 1. The summed E-state index contributed by atoms with van der Waals surface area (Å²) in [6, 6.07) is 21.2. The van der Waals surface area contributed by atoms with E-state index in [2.05, 4.69) is 16.0 Å². The third kappa shape index (κ3) is 5.05. The van der Waals surface area contributed by atoms with Crippen LogP contribution in [0.2, 0.25) is 5.02 Å². The molecule has 0 radical (unpaired) electrons. The topological polar surface area (TPSA) is 70.9 Å². The molecule has 0 bridgehead atoms. The fraction of sp³-hybridized carbons (Fsp3) is 0.120. The number of hydrogen-bond donors (Lipinski definition) is 1. The van der Waals surface area contributed by atoms with Crippen LogP contribution in [0.5, 0.6) is 11.5 Å². The fourth-order valence-corrected chi connectivity index (χ4v) is 3.43. The Kier molecular flexibility index (Phi) is 7.42. The molecule has 0 amide bonds. The number of nitrogens with zero attached hydrogens (tertiary/aromatic N) is 2. The minimum Gasteiger partial charge on any atom is -0.493 e. The molecular weight excluding hydrogens is 445 g/mol. The van der Waals surface area contributed by atoms with Gasteiger partial charge in [-0.2, -0.15) is 5.26 Å². The number of H-pyrrole nitrogens is 1. The van der Waals surface area contributed by atoms with E-state index in [1.807, 2.05) is 67.6 Å². The van der Waals surface area contributed by atoms with Gasteiger partial charge in [0.05, 0.1) is 23.7 Å². The van der Waals surface area contributed by atoms with Crippen LogP contribution in [0.4, 0.5) is 0 Å². The van der Waals surface area contributed by atoms with Crippen LogP contribution in [0.15, 0.2) is 60.7 Å². The minimum atomic E-state index is 0. The van der Waals surface area contributed by atoms with Gasteiger partial charge in [-0.25, -0.2) is 4.98 Å². The fourth-order valence-electron chi connectivity index (χ4n) is 3.24. The van der Waals surface area contributed by atoms with Crippen LogP contribution in [-0.4, -0.2) is 17.1 Å². The molecule has 1 aromatic heterocycles. The zero-order chi connectivity index (χ0) is 21.8. The quantitative estimate of drug-likeness (QED) is 0.325. The highest BCUT2D eigenvalue weighted by Crippen LogP contribution is 2.31. The number of rotatable bonds is 6. The molecule has 0 aliphatic carbocycles. The van der Waals surface area contributed by atoms with E-state index < -0.39 is 0 Å². The Morgan fingerprint density at radius 1 is 1.12 bits per heavy atom. The number of aromatic nitrogens is 2. The zero-order valence-electron chi connectivity index (χ0n) is 17.6. The van der Waals surface area contributed by atoms with Crippen molar-refractivity contribution in [3.63, 3.8) is 0 Å². The lowest BCUT2D eigenvalue weighted by Gasteiger charge is -2.12. The van der Waals surface area contributed by atoms with Crippen molar-refractivity contribution < 1.29 is 9.47 Å². The van der Waals surface area contributed by atoms with Gasteiger partial charge in [-0.1, -0.05) is 41.9 Å². The van der Waals surface area contributed by atoms with Crippen molar-refractivity contribution >= 4 is 46.7 Å². The summed E-state index contributed by atoms with van der Waals surface area (Å²) in [6.07, 6.45) is 1.77. The molecule has 3 aromatic carbocycles. The monoisotopic (exact) mass is 465 g/mol. The van der Waals surface area contributed by atoms with E-state index in [0.717, 1.165) is 27.7 Å². The summed E-state index contributed by atoms with van der Waals surface area (Å²) in [5.41, 5.74) is 4.97. The van der Waals surface area contributed by atoms with Gasteiger partial charge in [0.15, 0.2) is 11.5 Å². The smallest absolute Gasteiger partial charge is 0.161 e. The molecule has 0 aliphatic rings. The number of imidazole rings is 1. The second-order valence-corrected chi connectivity index (χ2v) is 7.47. The first-order valence-corrected chi connectivity index (χ1v) is 10.1. The number of nitriles is 1. The maximum absolute atomic E-state index is 9.69. The highest BCUT2D eigenvalue weighted by molar-refractivity contribution is 6.31. The molecule has 0 aliphatic heterocycles. The SMILES string of the molecule is COc1cc(C=C(C#N)c2nc3ccc(C)cc3[nH]2)ccc1OCc1ccccc1Cl.Cl. The largest absolute Gasteiger partial charge is 0.493 e. The third-order valence-electron chi connectivity index (χ3n) is 4.85. The van der Waals surface area contributed by atoms with Crippen LogP contribution in [-0.2, 0) is 6.61 Å². The Balaban J connectivity index is 0.00000289. The Bertz CT molecular complexity index is 1320. The Hall–Kier alpha value is -3.46. The van der Waals surface area contributed by atoms with Crippen LogP contribution < -0.4 is 9.47 Å². The van der Waals surface area contributed by atoms with Crippen LogP contribution in [0, 0.1) is 18.3 Å². The summed E-state index contributed by atoms with van der Waals surface area (Å²) in [4.78, 5) is 7.76. The van der Waals surface area contributed by atoms with Crippen molar-refractivity contribution in [3.8, 4) is 17.6 Å². The number of fused-ring (bicyclic) bond motifs is 1. The standard InChI is InChI=1S/C25H20ClN3O2.ClH/c1-16-7-9-21-22(11-16)29-25(28-21)19(14-27)12-17-8-10-23(24(13-17)30-2)31-15-18-5-3-4-6-20(18)26;/h3-13H,15H2,1-2H3,(H,28,29);1H. The van der Waals surface area contributed by atoms with Gasteiger partial charge >= 0.3 is 0 Å². The van der Waals surface area contributed by atoms with Crippen molar-refractivity contribution in [1.29, 1.82) is 5.26 Å². The van der Waals surface area contributed by atoms with E-state index in [1.54, 1.807) is 13.2 Å². The number of benzene rings is 3. The van der Waals surface area contributed by atoms with Gasteiger partial charge < -0.3 is 14.5 Å². The lowest BCUT2D eigenvalue weighted by Crippen LogP contribution is -1.98. The van der Waals surface area contributed by atoms with Crippen molar-refractivity contribution in [2.24, 2.45) is 0 Å². The molecule has 0 saturated heterocycles. The van der Waals surface area contributed by atoms with E-state index >= 15 is 0 Å². The summed E-state index contributed by atoms with van der Waals surface area (Å²) < 4.78 is 11.4. The van der Waals surface area contributed by atoms with Crippen molar-refractivity contribution in [1.82, 2.24) is 9.97 Å². The van der Waals surface area contributed by atoms with E-state index in [9.17, 15) is 5.26 Å². The number of aromatic amines is 1. The van der Waals surface area contributed by atoms with Crippen LogP contribution in [0.1, 0.15) is 22.5 Å². The van der Waals surface area contributed by atoms with Gasteiger partial charge in [0.25, 0.3) is 0 Å². The molecule has 0 saturated carbocycles. The summed E-state index contributed by atoms with van der Waals surface area (Å²) in [7, 11) is 1.58. The number of methoxy groups -OCH3 is 1. The average Bonchev–Trinajstić information content (AvgIpc) is 3.20. The Morgan fingerprint density at radius 2 is 1.94 bits per heavy atom. The predicted molar refractivity (Wildman–Crippen MR) is 130 cm³/mol. The number of allylic oxidation sites excluding steroid dienone is 1. The number of hydrogen-bond acceptors (Lipinski definition) is 4. The van der Waals surface area contributed by atoms with Gasteiger partial charge in [-0.05, 0) is 54.5 Å². The first-order chi connectivity index (χ1) is 15.1. The Morgan fingerprint density at radius 3 is 2.69 bits per heavy atom. The number of nitrogens with one attached hydrogen (secondary N) is 1. The first-order valence-electron chi connectivity index (χ1n) is 9.70. The Labute approximate surface area is 197 Å². The summed E-state index contributed by atoms with van der Waals surface area (Å²) in [6.45, 7) is 2.34. The van der Waals surface area contributed by atoms with Gasteiger partial charge in [0, 0.05) is 10.6 Å². The molecule has 32 heavy (non-hydrogen) atoms. The van der Waals surface area contributed by atoms with Crippen molar-refractivity contribution in [2.45, 2.75) is 13.5 Å². The molecule has 1 N–H and O–H groups in total. The third-order valence-corrected chi connectivity index (χ3v) is 5.22. The average molecular weight is 466 g/mol. The lowest BCUT2D eigenvalue weighted by atomic mass is 10.1. The number of halogens is 2. The minimum absolute atomic E-state index is 0. The molecule has 0 atom stereocenters. The van der Waals surface area contributed by atoms with Gasteiger partial charge in [-0.3, -0.25) is 0 Å². The van der Waals surface area contributed by atoms with Gasteiger partial charge in [-0.15, -0.1) is 12.4 Å². The van der Waals surface area contributed by atoms with E-state index in [0.29, 0.717) is 34.5 Å². The molecular formula is C25H21Cl2N3O2. The van der Waals surface area contributed by atoms with Crippen LogP contribution in [0.3, 0.4) is 0 Å². The maximum Gasteiger partial charge on any atom is 0.161 e. The lowest BCUT2D eigenvalue weighted by molar-refractivity contribution is 0.284. The summed E-state index contributed by atoms with van der Waals surface area (Å²) in [5.74, 6) is 1.69. The van der Waals surface area contributed by atoms with E-state index in [1.165, 1.54) is 0 Å². The molecule has 0 spiro atoms. The molecule has 1 heterocycles. The highest BCUT2D eigenvalue weighted by atomic mass is 35.5. The van der Waals surface area contributed by atoms with Gasteiger partial charge in [0.2, 0.25) is 0 Å². The van der Waals surface area contributed by atoms with E-state index in [-0.39, 0.29) is 12.4 Å². The number of ether oxygens (including phenoxy) is 2. The molecule has 162 valence electrons. The maximum atomic E-state index is 9.69. The van der Waals surface area contributed by atoms with Crippen molar-refractivity contribution in [2.75, 3.05) is 7.11 Å². The zero-order valence-corrected chi connectivity index (χ0v) is 19.1. The second-order valence-electron chi connectivity index (χ2n) is 7.07. The molecule has 0 unspecified atom stereocenters.